The van der Waals surface area contributed by atoms with Gasteiger partial charge in [0.2, 0.25) is 5.91 Å². The molecule has 1 aromatic carbocycles. The minimum atomic E-state index is -1.57. The summed E-state index contributed by atoms with van der Waals surface area (Å²) in [6, 6.07) is 3.74. The number of benzene rings is 1. The molecule has 0 unspecified atom stereocenters. The summed E-state index contributed by atoms with van der Waals surface area (Å²) in [5.41, 5.74) is -2.09. The molecule has 4 rings (SSSR count). The average Bonchev–Trinajstić information content (AvgIpc) is 3.58. The lowest BCUT2D eigenvalue weighted by atomic mass is 10.0. The third-order valence-corrected chi connectivity index (χ3v) is 8.11. The van der Waals surface area contributed by atoms with E-state index in [2.05, 4.69) is 15.5 Å². The number of hydrogen-bond donors (Lipinski definition) is 2. The smallest absolute Gasteiger partial charge is 0.333 e. The van der Waals surface area contributed by atoms with E-state index >= 15 is 0 Å². The second-order valence-corrected chi connectivity index (χ2v) is 11.6. The minimum absolute atomic E-state index is 0.104. The van der Waals surface area contributed by atoms with Crippen LogP contribution in [-0.4, -0.2) is 61.5 Å². The van der Waals surface area contributed by atoms with Gasteiger partial charge in [0.1, 0.15) is 33.0 Å². The third kappa shape index (κ3) is 5.87. The number of ether oxygens (including phenoxy) is 2. The fourth-order valence-corrected chi connectivity index (χ4v) is 5.91. The van der Waals surface area contributed by atoms with Gasteiger partial charge in [-0.1, -0.05) is 11.3 Å². The Morgan fingerprint density at radius 3 is 2.52 bits per heavy atom. The van der Waals surface area contributed by atoms with E-state index in [1.54, 1.807) is 20.8 Å². The quantitative estimate of drug-likeness (QED) is 0.236. The number of amides is 1. The highest BCUT2D eigenvalue weighted by Gasteiger charge is 2.36. The SMILES string of the molecule is COc1ccc(F)cc1[C@H](Cn1c(=O)n(C(C)(C)C(=O)NC(C)C)c(=O)c2c(C)c(-n3nccn3)sc21)OCCCO. The molecular weight excluding hydrogens is 567 g/mol. The molecule has 14 heteroatoms. The number of aliphatic hydroxyl groups is 1. The molecule has 0 spiro atoms. The maximum atomic E-state index is 14.5. The highest BCUT2D eigenvalue weighted by Crippen LogP contribution is 2.34. The first-order valence-corrected chi connectivity index (χ1v) is 14.3. The van der Waals surface area contributed by atoms with E-state index < -0.39 is 34.6 Å². The van der Waals surface area contributed by atoms with Crippen LogP contribution in [0.2, 0.25) is 0 Å². The van der Waals surface area contributed by atoms with Crippen molar-refractivity contribution in [1.29, 1.82) is 0 Å². The summed E-state index contributed by atoms with van der Waals surface area (Å²) in [6.07, 6.45) is 2.37. The molecule has 0 aliphatic rings. The standard InChI is InChI=1S/C28H35FN6O6S/c1-16(2)32-26(38)28(4,5)34-23(37)22-17(3)24(35-30-10-11-31-35)42-25(22)33(27(34)39)15-21(41-13-7-12-36)19-14-18(29)8-9-20(19)40-6/h8-11,14,16,21,36H,7,12-13,15H2,1-6H3,(H,32,38)/t21-/m0/s1. The monoisotopic (exact) mass is 602 g/mol. The highest BCUT2D eigenvalue weighted by molar-refractivity contribution is 7.21. The van der Waals surface area contributed by atoms with Gasteiger partial charge in [-0.25, -0.2) is 13.8 Å². The van der Waals surface area contributed by atoms with Crippen LogP contribution >= 0.6 is 11.3 Å². The number of carbonyl (C=O) groups is 1. The van der Waals surface area contributed by atoms with E-state index in [-0.39, 0.29) is 31.2 Å². The zero-order chi connectivity index (χ0) is 30.8. The van der Waals surface area contributed by atoms with Crippen molar-refractivity contribution in [2.75, 3.05) is 20.3 Å². The fourth-order valence-electron chi connectivity index (χ4n) is 4.69. The van der Waals surface area contributed by atoms with Gasteiger partial charge >= 0.3 is 5.69 Å². The maximum absolute atomic E-state index is 14.5. The molecule has 0 aliphatic carbocycles. The summed E-state index contributed by atoms with van der Waals surface area (Å²) < 4.78 is 28.3. The second-order valence-electron chi connectivity index (χ2n) is 10.6. The maximum Gasteiger partial charge on any atom is 0.333 e. The Hall–Kier alpha value is -3.88. The molecule has 3 aromatic heterocycles. The number of nitrogens with one attached hydrogen (secondary N) is 1. The Morgan fingerprint density at radius 2 is 1.90 bits per heavy atom. The van der Waals surface area contributed by atoms with Crippen molar-refractivity contribution < 1.29 is 23.8 Å². The van der Waals surface area contributed by atoms with Gasteiger partial charge in [-0.2, -0.15) is 10.2 Å². The first-order valence-electron chi connectivity index (χ1n) is 13.4. The van der Waals surface area contributed by atoms with Crippen molar-refractivity contribution in [2.45, 2.75) is 65.3 Å². The lowest BCUT2D eigenvalue weighted by molar-refractivity contribution is -0.129. The molecule has 1 amide bonds. The molecule has 226 valence electrons. The topological polar surface area (TPSA) is 142 Å². The number of aryl methyl sites for hydroxylation is 1. The average molecular weight is 603 g/mol. The van der Waals surface area contributed by atoms with Crippen molar-refractivity contribution in [3.8, 4) is 10.8 Å². The number of methoxy groups -OCH3 is 1. The van der Waals surface area contributed by atoms with Crippen LogP contribution in [0.5, 0.6) is 5.75 Å². The minimum Gasteiger partial charge on any atom is -0.496 e. The Morgan fingerprint density at radius 1 is 1.21 bits per heavy atom. The molecule has 0 aliphatic heterocycles. The van der Waals surface area contributed by atoms with Gasteiger partial charge in [0, 0.05) is 30.4 Å². The molecule has 4 aromatic rings. The van der Waals surface area contributed by atoms with Gasteiger partial charge in [0.15, 0.2) is 0 Å². The first-order chi connectivity index (χ1) is 19.9. The van der Waals surface area contributed by atoms with Crippen LogP contribution in [0.1, 0.15) is 51.3 Å². The molecule has 3 heterocycles. The van der Waals surface area contributed by atoms with Crippen molar-refractivity contribution >= 4 is 27.5 Å². The number of thiophene rings is 1. The van der Waals surface area contributed by atoms with Gasteiger partial charge in [-0.3, -0.25) is 14.2 Å². The number of carbonyl (C=O) groups excluding carboxylic acids is 1. The molecule has 0 saturated carbocycles. The Bertz CT molecular complexity index is 1690. The second kappa shape index (κ2) is 12.5. The van der Waals surface area contributed by atoms with E-state index in [0.29, 0.717) is 33.1 Å². The van der Waals surface area contributed by atoms with E-state index in [4.69, 9.17) is 9.47 Å². The third-order valence-electron chi connectivity index (χ3n) is 6.83. The number of halogens is 1. The van der Waals surface area contributed by atoms with Gasteiger partial charge < -0.3 is 19.9 Å². The lowest BCUT2D eigenvalue weighted by Crippen LogP contribution is -2.56. The number of rotatable bonds is 12. The lowest BCUT2D eigenvalue weighted by Gasteiger charge is -2.28. The molecule has 42 heavy (non-hydrogen) atoms. The predicted molar refractivity (Wildman–Crippen MR) is 156 cm³/mol. The van der Waals surface area contributed by atoms with E-state index in [1.165, 1.54) is 60.9 Å². The molecule has 0 saturated heterocycles. The van der Waals surface area contributed by atoms with E-state index in [1.807, 2.05) is 0 Å². The van der Waals surface area contributed by atoms with Crippen molar-refractivity contribution in [3.63, 3.8) is 0 Å². The van der Waals surface area contributed by atoms with Crippen LogP contribution in [0.3, 0.4) is 0 Å². The van der Waals surface area contributed by atoms with Gasteiger partial charge in [-0.05, 0) is 59.2 Å². The Balaban J connectivity index is 2.02. The van der Waals surface area contributed by atoms with Crippen LogP contribution in [-0.2, 0) is 21.6 Å². The van der Waals surface area contributed by atoms with Crippen molar-refractivity contribution in [3.05, 3.63) is 68.4 Å². The molecule has 0 radical (unpaired) electrons. The first kappa shape index (κ1) is 31.1. The van der Waals surface area contributed by atoms with Crippen LogP contribution in [0.25, 0.3) is 15.2 Å². The summed E-state index contributed by atoms with van der Waals surface area (Å²) in [4.78, 5) is 43.3. The van der Waals surface area contributed by atoms with Gasteiger partial charge in [0.05, 0.1) is 31.4 Å². The van der Waals surface area contributed by atoms with Gasteiger partial charge in [-0.15, -0.1) is 4.80 Å². The number of nitrogens with zero attached hydrogens (tertiary/aromatic N) is 5. The molecular formula is C28H35FN6O6S. The van der Waals surface area contributed by atoms with Crippen molar-refractivity contribution in [1.82, 2.24) is 29.4 Å². The zero-order valence-corrected chi connectivity index (χ0v) is 25.2. The van der Waals surface area contributed by atoms with Crippen LogP contribution in [0.15, 0.2) is 40.2 Å². The van der Waals surface area contributed by atoms with Gasteiger partial charge in [0.25, 0.3) is 5.56 Å². The summed E-state index contributed by atoms with van der Waals surface area (Å²) in [5, 5.41) is 21.3. The molecule has 2 N–H and O–H groups in total. The summed E-state index contributed by atoms with van der Waals surface area (Å²) >= 11 is 1.14. The van der Waals surface area contributed by atoms with E-state index in [0.717, 1.165) is 15.9 Å². The number of aromatic nitrogens is 5. The molecule has 0 fully saturated rings. The zero-order valence-electron chi connectivity index (χ0n) is 24.4. The number of hydrogen-bond acceptors (Lipinski definition) is 9. The number of aliphatic hydroxyl groups excluding tert-OH is 1. The van der Waals surface area contributed by atoms with Crippen LogP contribution in [0.4, 0.5) is 4.39 Å². The molecule has 1 atom stereocenters. The highest BCUT2D eigenvalue weighted by atomic mass is 32.1. The van der Waals surface area contributed by atoms with Crippen LogP contribution < -0.4 is 21.3 Å². The fraction of sp³-hybridized carbons (Fsp3) is 0.464. The number of fused-ring (bicyclic) bond motifs is 1. The summed E-state index contributed by atoms with van der Waals surface area (Å²) in [7, 11) is 1.44. The van der Waals surface area contributed by atoms with E-state index in [9.17, 15) is 23.9 Å². The van der Waals surface area contributed by atoms with Crippen molar-refractivity contribution in [2.24, 2.45) is 0 Å². The Labute approximate surface area is 245 Å². The summed E-state index contributed by atoms with van der Waals surface area (Å²) in [6.45, 7) is 8.12. The molecule has 0 bridgehead atoms. The molecule has 12 nitrogen and oxygen atoms in total. The summed E-state index contributed by atoms with van der Waals surface area (Å²) in [5.74, 6) is -0.704. The van der Waals surface area contributed by atoms with Crippen LogP contribution in [0, 0.1) is 12.7 Å². The normalized spacial score (nSPS) is 12.7. The largest absolute Gasteiger partial charge is 0.496 e. The predicted octanol–water partition coefficient (Wildman–Crippen LogP) is 2.66. The Kier molecular flexibility index (Phi) is 9.28.